The smallest absolute Gasteiger partial charge is 0.435 e. The number of ether oxygens (including phenoxy) is 4. The topological polar surface area (TPSA) is 71.1 Å². The van der Waals surface area contributed by atoms with Crippen molar-refractivity contribution < 1.29 is 28.5 Å². The molecule has 1 fully saturated rings. The van der Waals surface area contributed by atoms with Gasteiger partial charge < -0.3 is 18.9 Å². The Morgan fingerprint density at radius 1 is 1.10 bits per heavy atom. The summed E-state index contributed by atoms with van der Waals surface area (Å²) in [5.41, 5.74) is 0. The normalized spacial score (nSPS) is 17.1. The van der Waals surface area contributed by atoms with E-state index in [2.05, 4.69) is 4.74 Å². The zero-order valence-corrected chi connectivity index (χ0v) is 12.3. The van der Waals surface area contributed by atoms with Gasteiger partial charge in [0.2, 0.25) is 0 Å². The predicted molar refractivity (Wildman–Crippen MR) is 71.5 cm³/mol. The summed E-state index contributed by atoms with van der Waals surface area (Å²) in [6.45, 7) is 3.85. The van der Waals surface area contributed by atoms with Crippen LogP contribution in [0.4, 0.5) is 9.59 Å². The third kappa shape index (κ3) is 7.21. The summed E-state index contributed by atoms with van der Waals surface area (Å²) in [4.78, 5) is 22.5. The third-order valence-electron chi connectivity index (χ3n) is 3.12. The van der Waals surface area contributed by atoms with Crippen LogP contribution in [0.3, 0.4) is 0 Å². The second kappa shape index (κ2) is 9.44. The van der Waals surface area contributed by atoms with Crippen LogP contribution in [-0.4, -0.2) is 37.7 Å². The van der Waals surface area contributed by atoms with Crippen molar-refractivity contribution in [3.63, 3.8) is 0 Å². The highest BCUT2D eigenvalue weighted by Crippen LogP contribution is 2.20. The third-order valence-corrected chi connectivity index (χ3v) is 3.12. The van der Waals surface area contributed by atoms with Crippen LogP contribution in [0.5, 0.6) is 0 Å². The molecule has 0 aromatic heterocycles. The van der Waals surface area contributed by atoms with Crippen molar-refractivity contribution in [1.82, 2.24) is 0 Å². The van der Waals surface area contributed by atoms with E-state index >= 15 is 0 Å². The number of rotatable bonds is 6. The molecule has 0 spiro atoms. The first kappa shape index (κ1) is 16.6. The van der Waals surface area contributed by atoms with Gasteiger partial charge in [-0.15, -0.1) is 0 Å². The molecule has 1 aliphatic carbocycles. The molecule has 1 atom stereocenters. The van der Waals surface area contributed by atoms with Crippen LogP contribution in [0.1, 0.15) is 52.4 Å². The lowest BCUT2D eigenvalue weighted by Gasteiger charge is -2.21. The van der Waals surface area contributed by atoms with E-state index in [0.29, 0.717) is 6.42 Å². The van der Waals surface area contributed by atoms with Crippen molar-refractivity contribution >= 4 is 12.3 Å². The molecule has 20 heavy (non-hydrogen) atoms. The summed E-state index contributed by atoms with van der Waals surface area (Å²) in [7, 11) is 0. The highest BCUT2D eigenvalue weighted by atomic mass is 16.7. The fourth-order valence-electron chi connectivity index (χ4n) is 2.04. The monoisotopic (exact) mass is 288 g/mol. The Balaban J connectivity index is 2.07. The molecule has 0 N–H and O–H groups in total. The molecule has 0 aromatic carbocycles. The number of carbonyl (C=O) groups excluding carboxylic acids is 2. The molecule has 0 radical (unpaired) electrons. The first-order valence-corrected chi connectivity index (χ1v) is 7.28. The average molecular weight is 288 g/mol. The minimum absolute atomic E-state index is 0.00976. The van der Waals surface area contributed by atoms with E-state index in [9.17, 15) is 9.59 Å². The van der Waals surface area contributed by atoms with E-state index in [0.717, 1.165) is 25.7 Å². The first-order valence-electron chi connectivity index (χ1n) is 7.28. The minimum Gasteiger partial charge on any atom is -0.435 e. The molecule has 0 heterocycles. The largest absolute Gasteiger partial charge is 0.508 e. The summed E-state index contributed by atoms with van der Waals surface area (Å²) in [5, 5.41) is 0. The van der Waals surface area contributed by atoms with E-state index in [1.165, 1.54) is 6.42 Å². The Kier molecular flexibility index (Phi) is 7.84. The van der Waals surface area contributed by atoms with Crippen LogP contribution < -0.4 is 0 Å². The Morgan fingerprint density at radius 3 is 2.45 bits per heavy atom. The zero-order chi connectivity index (χ0) is 14.8. The molecule has 6 heteroatoms. The van der Waals surface area contributed by atoms with Gasteiger partial charge in [0.15, 0.2) is 0 Å². The van der Waals surface area contributed by atoms with Crippen molar-refractivity contribution in [2.75, 3.05) is 13.2 Å². The van der Waals surface area contributed by atoms with Gasteiger partial charge in [-0.3, -0.25) is 0 Å². The van der Waals surface area contributed by atoms with Gasteiger partial charge in [-0.1, -0.05) is 6.42 Å². The van der Waals surface area contributed by atoms with Gasteiger partial charge in [0.1, 0.15) is 12.2 Å². The van der Waals surface area contributed by atoms with Crippen LogP contribution >= 0.6 is 0 Å². The molecule has 1 rings (SSSR count). The van der Waals surface area contributed by atoms with Gasteiger partial charge in [-0.05, 0) is 39.5 Å². The number of carbonyl (C=O) groups is 2. The molecule has 6 nitrogen and oxygen atoms in total. The molecular weight excluding hydrogens is 264 g/mol. The van der Waals surface area contributed by atoms with Crippen molar-refractivity contribution in [3.8, 4) is 0 Å². The Morgan fingerprint density at radius 2 is 1.80 bits per heavy atom. The lowest BCUT2D eigenvalue weighted by atomic mass is 9.98. The van der Waals surface area contributed by atoms with Gasteiger partial charge >= 0.3 is 12.3 Å². The molecule has 0 bridgehead atoms. The quantitative estimate of drug-likeness (QED) is 0.697. The summed E-state index contributed by atoms with van der Waals surface area (Å²) in [6, 6.07) is 0. The summed E-state index contributed by atoms with van der Waals surface area (Å²) in [6.07, 6.45) is 3.93. The van der Waals surface area contributed by atoms with Crippen LogP contribution in [0.2, 0.25) is 0 Å². The molecule has 0 amide bonds. The summed E-state index contributed by atoms with van der Waals surface area (Å²) >= 11 is 0. The maximum atomic E-state index is 11.4. The molecule has 1 aliphatic rings. The second-order valence-corrected chi connectivity index (χ2v) is 4.88. The van der Waals surface area contributed by atoms with Crippen molar-refractivity contribution in [3.05, 3.63) is 0 Å². The second-order valence-electron chi connectivity index (χ2n) is 4.88. The van der Waals surface area contributed by atoms with Crippen LogP contribution in [-0.2, 0) is 18.9 Å². The standard InChI is InChI=1S/C14H24O6/c1-3-17-13(15)19-11(2)9-10-18-14(16)20-12-7-5-4-6-8-12/h11-12H,3-10H2,1-2H3. The van der Waals surface area contributed by atoms with Gasteiger partial charge in [0.25, 0.3) is 0 Å². The molecular formula is C14H24O6. The van der Waals surface area contributed by atoms with Crippen molar-refractivity contribution in [2.24, 2.45) is 0 Å². The molecule has 1 unspecified atom stereocenters. The van der Waals surface area contributed by atoms with Crippen molar-refractivity contribution in [1.29, 1.82) is 0 Å². The van der Waals surface area contributed by atoms with E-state index in [1.807, 2.05) is 0 Å². The lowest BCUT2D eigenvalue weighted by molar-refractivity contribution is -0.00213. The van der Waals surface area contributed by atoms with Gasteiger partial charge in [-0.25, -0.2) is 9.59 Å². The van der Waals surface area contributed by atoms with Crippen LogP contribution in [0.25, 0.3) is 0 Å². The van der Waals surface area contributed by atoms with E-state index < -0.39 is 12.3 Å². The Hall–Kier alpha value is -1.46. The zero-order valence-electron chi connectivity index (χ0n) is 12.3. The van der Waals surface area contributed by atoms with Gasteiger partial charge in [0.05, 0.1) is 13.2 Å². The highest BCUT2D eigenvalue weighted by Gasteiger charge is 2.19. The van der Waals surface area contributed by atoms with E-state index in [-0.39, 0.29) is 25.4 Å². The molecule has 0 saturated heterocycles. The van der Waals surface area contributed by atoms with Gasteiger partial charge in [0, 0.05) is 6.42 Å². The summed E-state index contributed by atoms with van der Waals surface area (Å²) in [5.74, 6) is 0. The molecule has 116 valence electrons. The summed E-state index contributed by atoms with van der Waals surface area (Å²) < 4.78 is 19.7. The minimum atomic E-state index is -0.704. The van der Waals surface area contributed by atoms with Gasteiger partial charge in [-0.2, -0.15) is 0 Å². The fourth-order valence-corrected chi connectivity index (χ4v) is 2.04. The Labute approximate surface area is 119 Å². The average Bonchev–Trinajstić information content (AvgIpc) is 2.39. The number of hydrogen-bond acceptors (Lipinski definition) is 6. The molecule has 0 aliphatic heterocycles. The predicted octanol–water partition coefficient (Wildman–Crippen LogP) is 3.42. The van der Waals surface area contributed by atoms with E-state index in [1.54, 1.807) is 13.8 Å². The maximum absolute atomic E-state index is 11.4. The SMILES string of the molecule is CCOC(=O)OC(C)CCOC(=O)OC1CCCCC1. The number of hydrogen-bond donors (Lipinski definition) is 0. The molecule has 0 aromatic rings. The lowest BCUT2D eigenvalue weighted by Crippen LogP contribution is -2.23. The van der Waals surface area contributed by atoms with E-state index in [4.69, 9.17) is 14.2 Å². The van der Waals surface area contributed by atoms with Crippen LogP contribution in [0, 0.1) is 0 Å². The Bertz CT molecular complexity index is 298. The van der Waals surface area contributed by atoms with Crippen LogP contribution in [0.15, 0.2) is 0 Å². The van der Waals surface area contributed by atoms with Crippen molar-refractivity contribution in [2.45, 2.75) is 64.6 Å². The maximum Gasteiger partial charge on any atom is 0.508 e. The fraction of sp³-hybridized carbons (Fsp3) is 0.857. The first-order chi connectivity index (χ1) is 9.61. The highest BCUT2D eigenvalue weighted by molar-refractivity contribution is 5.60. The molecule has 1 saturated carbocycles.